The van der Waals surface area contributed by atoms with Crippen molar-refractivity contribution in [2.45, 2.75) is 38.6 Å². The lowest BCUT2D eigenvalue weighted by Gasteiger charge is -2.37. The molecule has 2 unspecified atom stereocenters. The number of carbonyl (C=O) groups is 1. The lowest BCUT2D eigenvalue weighted by atomic mass is 9.92. The Morgan fingerprint density at radius 2 is 1.95 bits per heavy atom. The summed E-state index contributed by atoms with van der Waals surface area (Å²) in [4.78, 5) is 16.8. The van der Waals surface area contributed by atoms with Crippen LogP contribution >= 0.6 is 0 Å². The minimum Gasteiger partial charge on any atom is -0.341 e. The Morgan fingerprint density at radius 1 is 1.26 bits per heavy atom. The van der Waals surface area contributed by atoms with E-state index in [2.05, 4.69) is 36.1 Å². The second-order valence-electron chi connectivity index (χ2n) is 6.67. The van der Waals surface area contributed by atoms with Crippen molar-refractivity contribution in [2.24, 2.45) is 11.8 Å². The Balaban J connectivity index is 1.78. The van der Waals surface area contributed by atoms with Crippen LogP contribution in [-0.2, 0) is 4.79 Å². The van der Waals surface area contributed by atoms with Crippen molar-refractivity contribution >= 4 is 5.91 Å². The van der Waals surface area contributed by atoms with Crippen molar-refractivity contribution in [2.75, 3.05) is 40.3 Å². The highest BCUT2D eigenvalue weighted by Crippen LogP contribution is 2.21. The number of rotatable bonds is 3. The number of likely N-dealkylation sites (tertiary alicyclic amines) is 1. The summed E-state index contributed by atoms with van der Waals surface area (Å²) >= 11 is 0. The topological polar surface area (TPSA) is 35.6 Å². The Bertz CT molecular complexity index is 298. The van der Waals surface area contributed by atoms with Gasteiger partial charge in [0.05, 0.1) is 6.04 Å². The van der Waals surface area contributed by atoms with Gasteiger partial charge in [0, 0.05) is 19.6 Å². The molecule has 0 aromatic heterocycles. The molecule has 19 heavy (non-hydrogen) atoms. The van der Waals surface area contributed by atoms with E-state index in [1.54, 1.807) is 0 Å². The van der Waals surface area contributed by atoms with E-state index in [1.165, 1.54) is 6.42 Å². The summed E-state index contributed by atoms with van der Waals surface area (Å²) < 4.78 is 0. The smallest absolute Gasteiger partial charge is 0.239 e. The fourth-order valence-corrected chi connectivity index (χ4v) is 3.37. The van der Waals surface area contributed by atoms with Gasteiger partial charge < -0.3 is 15.1 Å². The van der Waals surface area contributed by atoms with Crippen LogP contribution in [0.15, 0.2) is 0 Å². The van der Waals surface area contributed by atoms with E-state index in [-0.39, 0.29) is 6.04 Å². The Kier molecular flexibility index (Phi) is 5.22. The highest BCUT2D eigenvalue weighted by atomic mass is 16.2. The van der Waals surface area contributed by atoms with Gasteiger partial charge in [-0.15, -0.1) is 0 Å². The SMILES string of the molecule is CC1CCNC(C(=O)N2CCC(CN(C)C)CC2)C1. The Hall–Kier alpha value is -0.610. The zero-order valence-corrected chi connectivity index (χ0v) is 12.7. The molecule has 0 aromatic carbocycles. The molecular weight excluding hydrogens is 238 g/mol. The number of carbonyl (C=O) groups excluding carboxylic acids is 1. The third kappa shape index (κ3) is 4.18. The average Bonchev–Trinajstić information content (AvgIpc) is 2.38. The number of hydrogen-bond donors (Lipinski definition) is 1. The predicted octanol–water partition coefficient (Wildman–Crippen LogP) is 1.17. The van der Waals surface area contributed by atoms with Gasteiger partial charge >= 0.3 is 0 Å². The summed E-state index contributed by atoms with van der Waals surface area (Å²) in [7, 11) is 4.26. The van der Waals surface area contributed by atoms with Gasteiger partial charge in [0.2, 0.25) is 5.91 Å². The first-order valence-electron chi connectivity index (χ1n) is 7.73. The maximum Gasteiger partial charge on any atom is 0.239 e. The standard InChI is InChI=1S/C15H29N3O/c1-12-4-7-16-14(10-12)15(19)18-8-5-13(6-9-18)11-17(2)3/h12-14,16H,4-11H2,1-3H3. The third-order valence-corrected chi connectivity index (χ3v) is 4.51. The molecule has 0 saturated carbocycles. The minimum absolute atomic E-state index is 0.0779. The normalized spacial score (nSPS) is 29.8. The molecule has 0 radical (unpaired) electrons. The van der Waals surface area contributed by atoms with Gasteiger partial charge in [-0.1, -0.05) is 6.92 Å². The highest BCUT2D eigenvalue weighted by Gasteiger charge is 2.30. The first-order valence-corrected chi connectivity index (χ1v) is 7.73. The van der Waals surface area contributed by atoms with E-state index >= 15 is 0 Å². The Labute approximate surface area is 117 Å². The van der Waals surface area contributed by atoms with Crippen molar-refractivity contribution in [3.8, 4) is 0 Å². The van der Waals surface area contributed by atoms with Crippen LogP contribution in [0.3, 0.4) is 0 Å². The predicted molar refractivity (Wildman–Crippen MR) is 78.0 cm³/mol. The van der Waals surface area contributed by atoms with E-state index in [0.717, 1.165) is 51.4 Å². The van der Waals surface area contributed by atoms with Crippen molar-refractivity contribution in [1.29, 1.82) is 0 Å². The second kappa shape index (κ2) is 6.71. The molecule has 4 nitrogen and oxygen atoms in total. The monoisotopic (exact) mass is 267 g/mol. The summed E-state index contributed by atoms with van der Waals surface area (Å²) in [5.41, 5.74) is 0. The van der Waals surface area contributed by atoms with Crippen molar-refractivity contribution in [3.63, 3.8) is 0 Å². The van der Waals surface area contributed by atoms with E-state index < -0.39 is 0 Å². The molecule has 1 N–H and O–H groups in total. The van der Waals surface area contributed by atoms with Crippen molar-refractivity contribution < 1.29 is 4.79 Å². The third-order valence-electron chi connectivity index (χ3n) is 4.51. The van der Waals surface area contributed by atoms with E-state index in [9.17, 15) is 4.79 Å². The van der Waals surface area contributed by atoms with Gasteiger partial charge in [-0.05, 0) is 58.2 Å². The summed E-state index contributed by atoms with van der Waals surface area (Å²) in [6.45, 7) is 6.30. The molecule has 2 rings (SSSR count). The lowest BCUT2D eigenvalue weighted by molar-refractivity contribution is -0.135. The molecule has 0 aromatic rings. The van der Waals surface area contributed by atoms with E-state index in [0.29, 0.717) is 11.8 Å². The first-order chi connectivity index (χ1) is 9.06. The summed E-state index contributed by atoms with van der Waals surface area (Å²) in [6.07, 6.45) is 4.53. The molecule has 0 bridgehead atoms. The average molecular weight is 267 g/mol. The number of amides is 1. The molecule has 110 valence electrons. The number of nitrogens with zero attached hydrogens (tertiary/aromatic N) is 2. The van der Waals surface area contributed by atoms with Crippen LogP contribution in [0.25, 0.3) is 0 Å². The van der Waals surface area contributed by atoms with Crippen molar-refractivity contribution in [1.82, 2.24) is 15.1 Å². The zero-order chi connectivity index (χ0) is 13.8. The van der Waals surface area contributed by atoms with Crippen LogP contribution in [-0.4, -0.2) is 62.0 Å². The van der Waals surface area contributed by atoms with Crippen LogP contribution in [0, 0.1) is 11.8 Å². The van der Waals surface area contributed by atoms with Gasteiger partial charge in [0.15, 0.2) is 0 Å². The van der Waals surface area contributed by atoms with E-state index in [4.69, 9.17) is 0 Å². The molecule has 2 atom stereocenters. The van der Waals surface area contributed by atoms with Gasteiger partial charge in [-0.3, -0.25) is 4.79 Å². The van der Waals surface area contributed by atoms with Crippen molar-refractivity contribution in [3.05, 3.63) is 0 Å². The van der Waals surface area contributed by atoms with Gasteiger partial charge in [0.1, 0.15) is 0 Å². The van der Waals surface area contributed by atoms with Crippen LogP contribution in [0.5, 0.6) is 0 Å². The van der Waals surface area contributed by atoms with E-state index in [1.807, 2.05) is 0 Å². The summed E-state index contributed by atoms with van der Waals surface area (Å²) in [5.74, 6) is 1.79. The fraction of sp³-hybridized carbons (Fsp3) is 0.933. The largest absolute Gasteiger partial charge is 0.341 e. The quantitative estimate of drug-likeness (QED) is 0.834. The van der Waals surface area contributed by atoms with Gasteiger partial charge in [-0.25, -0.2) is 0 Å². The van der Waals surface area contributed by atoms with Crippen LogP contribution in [0.2, 0.25) is 0 Å². The molecule has 2 heterocycles. The maximum atomic E-state index is 12.5. The molecule has 2 fully saturated rings. The molecule has 2 saturated heterocycles. The van der Waals surface area contributed by atoms with Gasteiger partial charge in [-0.2, -0.15) is 0 Å². The number of nitrogens with one attached hydrogen (secondary N) is 1. The summed E-state index contributed by atoms with van der Waals surface area (Å²) in [6, 6.07) is 0.0779. The molecule has 0 aliphatic carbocycles. The Morgan fingerprint density at radius 3 is 2.53 bits per heavy atom. The second-order valence-corrected chi connectivity index (χ2v) is 6.67. The number of hydrogen-bond acceptors (Lipinski definition) is 3. The van der Waals surface area contributed by atoms with Gasteiger partial charge in [0.25, 0.3) is 0 Å². The maximum absolute atomic E-state index is 12.5. The van der Waals surface area contributed by atoms with Crippen LogP contribution in [0.1, 0.15) is 32.6 Å². The summed E-state index contributed by atoms with van der Waals surface area (Å²) in [5, 5.41) is 3.39. The zero-order valence-electron chi connectivity index (χ0n) is 12.7. The minimum atomic E-state index is 0.0779. The van der Waals surface area contributed by atoms with Crippen LogP contribution < -0.4 is 5.32 Å². The highest BCUT2D eigenvalue weighted by molar-refractivity contribution is 5.82. The molecule has 2 aliphatic heterocycles. The molecule has 2 aliphatic rings. The molecule has 1 amide bonds. The first kappa shape index (κ1) is 14.8. The number of piperidine rings is 2. The molecule has 0 spiro atoms. The fourth-order valence-electron chi connectivity index (χ4n) is 3.37. The molecular formula is C15H29N3O. The van der Waals surface area contributed by atoms with Crippen LogP contribution in [0.4, 0.5) is 0 Å². The lowest BCUT2D eigenvalue weighted by Crippen LogP contribution is -2.52. The molecule has 4 heteroatoms.